The molecular weight excluding hydrogens is 342 g/mol. The topological polar surface area (TPSA) is 88.9 Å². The summed E-state index contributed by atoms with van der Waals surface area (Å²) >= 11 is 0. The molecule has 0 saturated heterocycles. The summed E-state index contributed by atoms with van der Waals surface area (Å²) in [4.78, 5) is 28.5. The van der Waals surface area contributed by atoms with Crippen LogP contribution in [0.1, 0.15) is 22.8 Å². The van der Waals surface area contributed by atoms with E-state index in [4.69, 9.17) is 0 Å². The molecular formula is C20H21N5O2. The van der Waals surface area contributed by atoms with Crippen LogP contribution in [0.15, 0.2) is 48.5 Å². The summed E-state index contributed by atoms with van der Waals surface area (Å²) in [6, 6.07) is 14.7. The third-order valence-electron chi connectivity index (χ3n) is 3.94. The van der Waals surface area contributed by atoms with Crippen molar-refractivity contribution in [2.24, 2.45) is 0 Å². The van der Waals surface area contributed by atoms with Gasteiger partial charge in [-0.1, -0.05) is 12.1 Å². The predicted molar refractivity (Wildman–Crippen MR) is 102 cm³/mol. The van der Waals surface area contributed by atoms with Crippen LogP contribution in [-0.2, 0) is 16.1 Å². The zero-order valence-corrected chi connectivity index (χ0v) is 15.5. The van der Waals surface area contributed by atoms with Crippen molar-refractivity contribution in [2.75, 3.05) is 5.32 Å². The van der Waals surface area contributed by atoms with Crippen molar-refractivity contribution in [3.63, 3.8) is 0 Å². The lowest BCUT2D eigenvalue weighted by molar-refractivity contribution is -0.136. The number of benzene rings is 1. The molecule has 0 spiro atoms. The number of anilines is 1. The zero-order valence-electron chi connectivity index (χ0n) is 15.5. The molecule has 0 unspecified atom stereocenters. The van der Waals surface area contributed by atoms with Crippen LogP contribution >= 0.6 is 0 Å². The second-order valence-electron chi connectivity index (χ2n) is 6.30. The molecule has 1 aromatic carbocycles. The predicted octanol–water partition coefficient (Wildman–Crippen LogP) is 2.45. The molecule has 0 atom stereocenters. The molecule has 0 saturated carbocycles. The Balaban J connectivity index is 1.64. The van der Waals surface area contributed by atoms with Gasteiger partial charge in [0.05, 0.1) is 23.6 Å². The van der Waals surface area contributed by atoms with Gasteiger partial charge < -0.3 is 10.6 Å². The number of hydrogen-bond acceptors (Lipinski definition) is 4. The van der Waals surface area contributed by atoms with Crippen LogP contribution in [0.5, 0.6) is 0 Å². The van der Waals surface area contributed by atoms with Crippen molar-refractivity contribution in [1.82, 2.24) is 20.1 Å². The van der Waals surface area contributed by atoms with E-state index >= 15 is 0 Å². The molecule has 0 aliphatic rings. The fourth-order valence-corrected chi connectivity index (χ4v) is 2.74. The Kier molecular flexibility index (Phi) is 5.30. The van der Waals surface area contributed by atoms with Crippen molar-refractivity contribution in [3.05, 3.63) is 71.3 Å². The first-order valence-corrected chi connectivity index (χ1v) is 8.58. The average Bonchev–Trinajstić information content (AvgIpc) is 2.98. The Bertz CT molecular complexity index is 994. The first-order chi connectivity index (χ1) is 12.9. The lowest BCUT2D eigenvalue weighted by Gasteiger charge is -2.09. The SMILES string of the molecule is Cc1cccc(CNC(=O)C(=O)Nc2cccc(-n3nc(C)cc3C)c2)n1. The van der Waals surface area contributed by atoms with E-state index in [0.717, 1.165) is 22.8 Å². The highest BCUT2D eigenvalue weighted by Crippen LogP contribution is 2.16. The van der Waals surface area contributed by atoms with Crippen LogP contribution in [0.4, 0.5) is 5.69 Å². The Morgan fingerprint density at radius 2 is 1.74 bits per heavy atom. The van der Waals surface area contributed by atoms with Gasteiger partial charge in [0.25, 0.3) is 0 Å². The summed E-state index contributed by atoms with van der Waals surface area (Å²) < 4.78 is 1.79. The highest BCUT2D eigenvalue weighted by atomic mass is 16.2. The number of nitrogens with zero attached hydrogens (tertiary/aromatic N) is 3. The monoisotopic (exact) mass is 363 g/mol. The van der Waals surface area contributed by atoms with Crippen molar-refractivity contribution in [1.29, 1.82) is 0 Å². The van der Waals surface area contributed by atoms with Crippen LogP contribution in [0.2, 0.25) is 0 Å². The zero-order chi connectivity index (χ0) is 19.4. The molecule has 3 rings (SSSR count). The minimum atomic E-state index is -0.729. The first-order valence-electron chi connectivity index (χ1n) is 8.58. The Morgan fingerprint density at radius 3 is 2.44 bits per heavy atom. The molecule has 2 N–H and O–H groups in total. The molecule has 2 amide bonds. The second kappa shape index (κ2) is 7.82. The van der Waals surface area contributed by atoms with Crippen molar-refractivity contribution >= 4 is 17.5 Å². The van der Waals surface area contributed by atoms with E-state index in [0.29, 0.717) is 11.4 Å². The molecule has 0 aliphatic carbocycles. The van der Waals surface area contributed by atoms with Gasteiger partial charge in [-0.05, 0) is 57.2 Å². The van der Waals surface area contributed by atoms with E-state index in [1.165, 1.54) is 0 Å². The number of hydrogen-bond donors (Lipinski definition) is 2. The van der Waals surface area contributed by atoms with E-state index in [1.807, 2.05) is 45.0 Å². The molecule has 3 aromatic rings. The average molecular weight is 363 g/mol. The smallest absolute Gasteiger partial charge is 0.313 e. The summed E-state index contributed by atoms with van der Waals surface area (Å²) in [6.45, 7) is 5.94. The van der Waals surface area contributed by atoms with E-state index in [2.05, 4.69) is 20.7 Å². The molecule has 0 radical (unpaired) electrons. The summed E-state index contributed by atoms with van der Waals surface area (Å²) in [6.07, 6.45) is 0. The maximum absolute atomic E-state index is 12.2. The lowest BCUT2D eigenvalue weighted by Crippen LogP contribution is -2.35. The largest absolute Gasteiger partial charge is 0.342 e. The minimum Gasteiger partial charge on any atom is -0.342 e. The number of rotatable bonds is 4. The van der Waals surface area contributed by atoms with Gasteiger partial charge in [0.15, 0.2) is 0 Å². The normalized spacial score (nSPS) is 10.5. The van der Waals surface area contributed by atoms with Gasteiger partial charge in [0, 0.05) is 17.1 Å². The highest BCUT2D eigenvalue weighted by Gasteiger charge is 2.14. The fraction of sp³-hybridized carbons (Fsp3) is 0.200. The third kappa shape index (κ3) is 4.58. The molecule has 27 heavy (non-hydrogen) atoms. The first kappa shape index (κ1) is 18.3. The second-order valence-corrected chi connectivity index (χ2v) is 6.30. The van der Waals surface area contributed by atoms with Gasteiger partial charge >= 0.3 is 11.8 Å². The quantitative estimate of drug-likeness (QED) is 0.697. The molecule has 7 nitrogen and oxygen atoms in total. The number of aromatic nitrogens is 3. The van der Waals surface area contributed by atoms with Gasteiger partial charge in [0.1, 0.15) is 0 Å². The molecule has 138 valence electrons. The van der Waals surface area contributed by atoms with Gasteiger partial charge in [-0.3, -0.25) is 14.6 Å². The maximum atomic E-state index is 12.2. The highest BCUT2D eigenvalue weighted by molar-refractivity contribution is 6.39. The summed E-state index contributed by atoms with van der Waals surface area (Å²) in [7, 11) is 0. The minimum absolute atomic E-state index is 0.194. The maximum Gasteiger partial charge on any atom is 0.313 e. The number of carbonyl (C=O) groups is 2. The Morgan fingerprint density at radius 1 is 0.963 bits per heavy atom. The molecule has 0 bridgehead atoms. The van der Waals surface area contributed by atoms with Gasteiger partial charge in [-0.2, -0.15) is 5.10 Å². The van der Waals surface area contributed by atoms with E-state index < -0.39 is 11.8 Å². The molecule has 0 fully saturated rings. The number of nitrogens with one attached hydrogen (secondary N) is 2. The molecule has 2 aromatic heterocycles. The Hall–Kier alpha value is -3.48. The van der Waals surface area contributed by atoms with Crippen LogP contribution in [0.3, 0.4) is 0 Å². The van der Waals surface area contributed by atoms with Gasteiger partial charge in [0.2, 0.25) is 0 Å². The van der Waals surface area contributed by atoms with Crippen LogP contribution < -0.4 is 10.6 Å². The van der Waals surface area contributed by atoms with E-state index in [9.17, 15) is 9.59 Å². The summed E-state index contributed by atoms with van der Waals surface area (Å²) in [5.41, 5.74) is 4.77. The molecule has 2 heterocycles. The number of aryl methyl sites for hydroxylation is 3. The van der Waals surface area contributed by atoms with Crippen LogP contribution in [0, 0.1) is 20.8 Å². The number of pyridine rings is 1. The van der Waals surface area contributed by atoms with Crippen LogP contribution in [0.25, 0.3) is 5.69 Å². The van der Waals surface area contributed by atoms with Crippen molar-refractivity contribution in [3.8, 4) is 5.69 Å². The van der Waals surface area contributed by atoms with Crippen molar-refractivity contribution in [2.45, 2.75) is 27.3 Å². The fourth-order valence-electron chi connectivity index (χ4n) is 2.74. The van der Waals surface area contributed by atoms with E-state index in [1.54, 1.807) is 28.9 Å². The third-order valence-corrected chi connectivity index (χ3v) is 3.94. The molecule has 7 heteroatoms. The standard InChI is InChI=1S/C20H21N5O2/c1-13-6-4-8-17(22-13)12-21-19(26)20(27)23-16-7-5-9-18(11-16)25-15(3)10-14(2)24-25/h4-11H,12H2,1-3H3,(H,21,26)(H,23,27). The lowest BCUT2D eigenvalue weighted by atomic mass is 10.2. The van der Waals surface area contributed by atoms with Gasteiger partial charge in [-0.25, -0.2) is 4.68 Å². The van der Waals surface area contributed by atoms with E-state index in [-0.39, 0.29) is 6.54 Å². The Labute approximate surface area is 157 Å². The molecule has 0 aliphatic heterocycles. The summed E-state index contributed by atoms with van der Waals surface area (Å²) in [5.74, 6) is -1.44. The van der Waals surface area contributed by atoms with Crippen molar-refractivity contribution < 1.29 is 9.59 Å². The number of carbonyl (C=O) groups excluding carboxylic acids is 2. The number of amides is 2. The van der Waals surface area contributed by atoms with Crippen LogP contribution in [-0.4, -0.2) is 26.6 Å². The summed E-state index contributed by atoms with van der Waals surface area (Å²) in [5, 5.41) is 9.61. The van der Waals surface area contributed by atoms with Gasteiger partial charge in [-0.15, -0.1) is 0 Å².